The molecule has 0 saturated heterocycles. The maximum Gasteiger partial charge on any atom is 0.121 e. The second-order valence-electron chi connectivity index (χ2n) is 0.549. The average molecular weight is 331 g/mol. The summed E-state index contributed by atoms with van der Waals surface area (Å²) in [5.74, 6) is 0. The molecule has 0 amide bonds. The fourth-order valence-electron chi connectivity index (χ4n) is 0. The van der Waals surface area contributed by atoms with Gasteiger partial charge in [-0.25, -0.2) is 0 Å². The zero-order chi connectivity index (χ0) is 7.15. The van der Waals surface area contributed by atoms with Crippen molar-refractivity contribution in [2.75, 3.05) is 0 Å². The van der Waals surface area contributed by atoms with Gasteiger partial charge in [0.1, 0.15) is 14.8 Å². The zero-order valence-corrected chi connectivity index (χ0v) is 7.93. The molecule has 4 nitrogen and oxygen atoms in total. The van der Waals surface area contributed by atoms with E-state index in [0.717, 1.165) is 0 Å². The first-order valence-electron chi connectivity index (χ1n) is 1.38. The molecular formula is B2F2O4Pb-4. The van der Waals surface area contributed by atoms with Gasteiger partial charge in [0.05, 0.1) is 0 Å². The van der Waals surface area contributed by atoms with Crippen LogP contribution in [0.2, 0.25) is 0 Å². The van der Waals surface area contributed by atoms with Crippen LogP contribution in [0.5, 0.6) is 0 Å². The molecule has 0 atom stereocenters. The molecule has 0 aliphatic carbocycles. The number of hydrogen-bond acceptors (Lipinski definition) is 4. The normalized spacial score (nSPS) is 6.00. The minimum Gasteiger partial charge on any atom is -0.867 e. The maximum atomic E-state index is 9.89. The summed E-state index contributed by atoms with van der Waals surface area (Å²) in [4.78, 5) is 0. The van der Waals surface area contributed by atoms with Crippen LogP contribution < -0.4 is 20.1 Å². The van der Waals surface area contributed by atoms with Crippen molar-refractivity contribution in [2.45, 2.75) is 0 Å². The van der Waals surface area contributed by atoms with Crippen LogP contribution in [0.4, 0.5) is 8.63 Å². The second kappa shape index (κ2) is 11.5. The predicted molar refractivity (Wildman–Crippen MR) is 19.5 cm³/mol. The summed E-state index contributed by atoms with van der Waals surface area (Å²) in [6.07, 6.45) is 0. The minimum atomic E-state index is -3.17. The number of hydrogen-bond donors (Lipinski definition) is 0. The van der Waals surface area contributed by atoms with E-state index in [9.17, 15) is 8.63 Å². The van der Waals surface area contributed by atoms with Crippen molar-refractivity contribution in [3.05, 3.63) is 0 Å². The standard InChI is InChI=1S/2BFO2.Pb/c2*2-1(3)4;/q2*-2;. The molecule has 0 heterocycles. The van der Waals surface area contributed by atoms with Crippen molar-refractivity contribution in [2.24, 2.45) is 0 Å². The maximum absolute atomic E-state index is 9.89. The smallest absolute Gasteiger partial charge is 0.121 e. The van der Waals surface area contributed by atoms with Crippen molar-refractivity contribution in [3.63, 3.8) is 0 Å². The molecule has 52 valence electrons. The molecular weight excluding hydrogens is 331 g/mol. The molecule has 9 heteroatoms. The van der Waals surface area contributed by atoms with E-state index in [2.05, 4.69) is 0 Å². The quantitative estimate of drug-likeness (QED) is 0.416. The summed E-state index contributed by atoms with van der Waals surface area (Å²) < 4.78 is 19.8. The zero-order valence-electron chi connectivity index (χ0n) is 4.04. The van der Waals surface area contributed by atoms with Crippen LogP contribution in [0.15, 0.2) is 0 Å². The first-order chi connectivity index (χ1) is 3.46. The molecule has 0 fully saturated rings. The van der Waals surface area contributed by atoms with Gasteiger partial charge >= 0.3 is 0 Å². The summed E-state index contributed by atoms with van der Waals surface area (Å²) in [5.41, 5.74) is 0. The third kappa shape index (κ3) is 706. The van der Waals surface area contributed by atoms with Crippen molar-refractivity contribution >= 4 is 42.1 Å². The van der Waals surface area contributed by atoms with Gasteiger partial charge in [-0.15, -0.1) is 0 Å². The Labute approximate surface area is 71.1 Å². The van der Waals surface area contributed by atoms with Gasteiger partial charge in [-0.05, 0) is 0 Å². The van der Waals surface area contributed by atoms with Crippen LogP contribution in [0, 0.1) is 0 Å². The Morgan fingerprint density at radius 2 is 0.778 bits per heavy atom. The Hall–Kier alpha value is 0.752. The molecule has 0 aromatic heterocycles. The Bertz CT molecular complexity index is 32.0. The van der Waals surface area contributed by atoms with Crippen molar-refractivity contribution in [1.29, 1.82) is 0 Å². The first kappa shape index (κ1) is 16.4. The molecule has 0 spiro atoms. The Balaban J connectivity index is -0.0000000720. The Kier molecular flexibility index (Phi) is 21.0. The van der Waals surface area contributed by atoms with Gasteiger partial charge in [0, 0.05) is 27.3 Å². The molecule has 0 aliphatic heterocycles. The first-order valence-corrected chi connectivity index (χ1v) is 1.38. The van der Waals surface area contributed by atoms with E-state index in [-0.39, 0.29) is 27.3 Å². The van der Waals surface area contributed by atoms with Crippen molar-refractivity contribution in [3.8, 4) is 0 Å². The predicted octanol–water partition coefficient (Wildman–Crippen LogP) is -5.06. The third-order valence-electron chi connectivity index (χ3n) is 0. The summed E-state index contributed by atoms with van der Waals surface area (Å²) in [5, 5.41) is 33.2. The van der Waals surface area contributed by atoms with Crippen LogP contribution in [-0.4, -0.2) is 42.1 Å². The van der Waals surface area contributed by atoms with Gasteiger partial charge in [-0.2, -0.15) is 0 Å². The van der Waals surface area contributed by atoms with Crippen LogP contribution in [0.3, 0.4) is 0 Å². The van der Waals surface area contributed by atoms with E-state index in [0.29, 0.717) is 0 Å². The SMILES string of the molecule is [O-]B([O-])F.[O-]B([O-])F.[Pb]. The average Bonchev–Trinajstić information content (AvgIpc) is 1.25. The van der Waals surface area contributed by atoms with Gasteiger partial charge in [0.2, 0.25) is 0 Å². The molecule has 0 rings (SSSR count). The van der Waals surface area contributed by atoms with Crippen molar-refractivity contribution < 1.29 is 28.7 Å². The molecule has 4 radical (unpaired) electrons. The summed E-state index contributed by atoms with van der Waals surface area (Å²) in [7, 11) is -6.33. The van der Waals surface area contributed by atoms with Crippen LogP contribution in [0.1, 0.15) is 0 Å². The van der Waals surface area contributed by atoms with E-state index in [1.807, 2.05) is 0 Å². The van der Waals surface area contributed by atoms with Crippen LogP contribution in [-0.2, 0) is 0 Å². The van der Waals surface area contributed by atoms with Gasteiger partial charge in [-0.3, -0.25) is 0 Å². The summed E-state index contributed by atoms with van der Waals surface area (Å²) >= 11 is 0. The topological polar surface area (TPSA) is 92.2 Å². The molecule has 0 aromatic rings. The van der Waals surface area contributed by atoms with Gasteiger partial charge in [0.25, 0.3) is 0 Å². The Morgan fingerprint density at radius 1 is 0.778 bits per heavy atom. The Morgan fingerprint density at radius 3 is 0.778 bits per heavy atom. The van der Waals surface area contributed by atoms with Gasteiger partial charge in [0.15, 0.2) is 0 Å². The summed E-state index contributed by atoms with van der Waals surface area (Å²) in [6, 6.07) is 0. The van der Waals surface area contributed by atoms with E-state index >= 15 is 0 Å². The monoisotopic (exact) mass is 332 g/mol. The van der Waals surface area contributed by atoms with Crippen LogP contribution in [0.25, 0.3) is 0 Å². The minimum absolute atomic E-state index is 0. The molecule has 0 bridgehead atoms. The molecule has 9 heavy (non-hydrogen) atoms. The van der Waals surface area contributed by atoms with E-state index in [1.54, 1.807) is 0 Å². The number of halogens is 2. The van der Waals surface area contributed by atoms with Gasteiger partial charge in [-0.1, -0.05) is 0 Å². The van der Waals surface area contributed by atoms with E-state index in [1.165, 1.54) is 0 Å². The van der Waals surface area contributed by atoms with E-state index in [4.69, 9.17) is 20.1 Å². The fraction of sp³-hybridized carbons (Fsp3) is 0. The van der Waals surface area contributed by atoms with Crippen molar-refractivity contribution in [1.82, 2.24) is 0 Å². The van der Waals surface area contributed by atoms with Crippen LogP contribution >= 0.6 is 0 Å². The number of rotatable bonds is 0. The molecule has 0 saturated carbocycles. The molecule has 0 N–H and O–H groups in total. The van der Waals surface area contributed by atoms with Gasteiger partial charge < -0.3 is 28.7 Å². The summed E-state index contributed by atoms with van der Waals surface area (Å²) in [6.45, 7) is 0. The fourth-order valence-corrected chi connectivity index (χ4v) is 0. The molecule has 0 aliphatic rings. The molecule has 0 unspecified atom stereocenters. The third-order valence-corrected chi connectivity index (χ3v) is 0. The largest absolute Gasteiger partial charge is 0.867 e. The van der Waals surface area contributed by atoms with E-state index < -0.39 is 14.8 Å². The molecule has 0 aromatic carbocycles. The second-order valence-corrected chi connectivity index (χ2v) is 0.549.